The maximum atomic E-state index is 2.48. The van der Waals surface area contributed by atoms with E-state index in [0.717, 1.165) is 13.1 Å². The van der Waals surface area contributed by atoms with Crippen LogP contribution in [-0.2, 0) is 13.1 Å². The lowest BCUT2D eigenvalue weighted by Gasteiger charge is -2.22. The zero-order valence-electron chi connectivity index (χ0n) is 19.8. The third kappa shape index (κ3) is 2.93. The fourth-order valence-corrected chi connectivity index (χ4v) is 5.83. The average Bonchev–Trinajstić information content (AvgIpc) is 3.25. The van der Waals surface area contributed by atoms with Crippen molar-refractivity contribution in [3.8, 4) is 0 Å². The van der Waals surface area contributed by atoms with E-state index in [1.807, 2.05) is 0 Å². The molecule has 0 spiro atoms. The van der Waals surface area contributed by atoms with Crippen LogP contribution < -0.4 is 0 Å². The number of hydrogen-bond acceptors (Lipinski definition) is 0. The molecule has 0 radical (unpaired) electrons. The van der Waals surface area contributed by atoms with Crippen LogP contribution in [-0.4, -0.2) is 9.13 Å². The van der Waals surface area contributed by atoms with E-state index in [1.165, 1.54) is 55.4 Å². The van der Waals surface area contributed by atoms with Crippen molar-refractivity contribution in [2.75, 3.05) is 0 Å². The van der Waals surface area contributed by atoms with E-state index < -0.39 is 0 Å². The monoisotopic (exact) mass is 420 g/mol. The largest absolute Gasteiger partial charge is 0.345 e. The topological polar surface area (TPSA) is 9.86 Å². The minimum atomic E-state index is 0.187. The van der Waals surface area contributed by atoms with Gasteiger partial charge in [-0.1, -0.05) is 60.7 Å². The molecule has 5 aromatic rings. The van der Waals surface area contributed by atoms with Gasteiger partial charge in [0.1, 0.15) is 0 Å². The van der Waals surface area contributed by atoms with Gasteiger partial charge in [0, 0.05) is 52.2 Å². The number of aromatic nitrogens is 2. The highest BCUT2D eigenvalue weighted by atomic mass is 15.0. The minimum Gasteiger partial charge on any atom is -0.345 e. The number of aryl methyl sites for hydroxylation is 3. The summed E-state index contributed by atoms with van der Waals surface area (Å²) in [5.74, 6) is 0.187. The molecule has 0 bridgehead atoms. The molecule has 2 nitrogen and oxygen atoms in total. The van der Waals surface area contributed by atoms with Crippen LogP contribution in [0.3, 0.4) is 0 Å². The molecule has 0 saturated heterocycles. The Hall–Kier alpha value is -3.26. The van der Waals surface area contributed by atoms with Crippen molar-refractivity contribution in [1.29, 1.82) is 0 Å². The van der Waals surface area contributed by atoms with Crippen molar-refractivity contribution >= 4 is 21.8 Å². The first kappa shape index (κ1) is 20.6. The lowest BCUT2D eigenvalue weighted by atomic mass is 9.80. The Kier molecular flexibility index (Phi) is 5.17. The van der Waals surface area contributed by atoms with Crippen molar-refractivity contribution in [3.63, 3.8) is 0 Å². The van der Waals surface area contributed by atoms with Gasteiger partial charge in [0.05, 0.1) is 0 Å². The molecule has 2 heteroatoms. The van der Waals surface area contributed by atoms with Gasteiger partial charge in [-0.05, 0) is 69.0 Å². The van der Waals surface area contributed by atoms with Crippen LogP contribution in [0, 0.1) is 20.8 Å². The highest BCUT2D eigenvalue weighted by Crippen LogP contribution is 2.45. The zero-order chi connectivity index (χ0) is 22.4. The fraction of sp³-hybridized carbons (Fsp3) is 0.267. The summed E-state index contributed by atoms with van der Waals surface area (Å²) in [7, 11) is 0. The molecule has 32 heavy (non-hydrogen) atoms. The van der Waals surface area contributed by atoms with Crippen LogP contribution in [0.2, 0.25) is 0 Å². The Morgan fingerprint density at radius 2 is 1.03 bits per heavy atom. The van der Waals surface area contributed by atoms with E-state index in [1.54, 1.807) is 0 Å². The highest BCUT2D eigenvalue weighted by molar-refractivity contribution is 5.91. The molecular formula is C30H32N2. The molecule has 5 rings (SSSR count). The third-order valence-electron chi connectivity index (χ3n) is 7.27. The van der Waals surface area contributed by atoms with E-state index >= 15 is 0 Å². The summed E-state index contributed by atoms with van der Waals surface area (Å²) in [6.07, 6.45) is 0. The van der Waals surface area contributed by atoms with Crippen LogP contribution in [0.25, 0.3) is 21.8 Å². The lowest BCUT2D eigenvalue weighted by Crippen LogP contribution is -2.09. The van der Waals surface area contributed by atoms with E-state index in [4.69, 9.17) is 0 Å². The van der Waals surface area contributed by atoms with Gasteiger partial charge < -0.3 is 9.13 Å². The van der Waals surface area contributed by atoms with Crippen molar-refractivity contribution in [2.45, 2.75) is 53.6 Å². The van der Waals surface area contributed by atoms with Crippen molar-refractivity contribution in [3.05, 3.63) is 106 Å². The smallest absolute Gasteiger partial charge is 0.0485 e. The number of nitrogens with zero attached hydrogens (tertiary/aromatic N) is 2. The van der Waals surface area contributed by atoms with Gasteiger partial charge in [0.25, 0.3) is 0 Å². The molecule has 0 amide bonds. The highest BCUT2D eigenvalue weighted by Gasteiger charge is 2.30. The predicted octanol–water partition coefficient (Wildman–Crippen LogP) is 7.74. The quantitative estimate of drug-likeness (QED) is 0.275. The summed E-state index contributed by atoms with van der Waals surface area (Å²) in [6.45, 7) is 13.3. The summed E-state index contributed by atoms with van der Waals surface area (Å²) in [5, 5.41) is 2.74. The summed E-state index contributed by atoms with van der Waals surface area (Å²) < 4.78 is 4.95. The minimum absolute atomic E-state index is 0.187. The fourth-order valence-electron chi connectivity index (χ4n) is 5.83. The number of benzene rings is 3. The Bertz CT molecular complexity index is 1340. The molecule has 0 atom stereocenters. The van der Waals surface area contributed by atoms with Gasteiger partial charge in [0.2, 0.25) is 0 Å². The molecule has 162 valence electrons. The third-order valence-corrected chi connectivity index (χ3v) is 7.27. The first-order chi connectivity index (χ1) is 15.6. The Balaban J connectivity index is 1.95. The second kappa shape index (κ2) is 8.02. The molecule has 0 fully saturated rings. The van der Waals surface area contributed by atoms with Crippen LogP contribution in [0.1, 0.15) is 53.4 Å². The molecule has 0 aliphatic rings. The van der Waals surface area contributed by atoms with Crippen LogP contribution >= 0.6 is 0 Å². The first-order valence-corrected chi connectivity index (χ1v) is 11.8. The molecule has 0 aliphatic carbocycles. The first-order valence-electron chi connectivity index (χ1n) is 11.8. The van der Waals surface area contributed by atoms with Crippen molar-refractivity contribution in [1.82, 2.24) is 9.13 Å². The van der Waals surface area contributed by atoms with Gasteiger partial charge in [-0.15, -0.1) is 0 Å². The summed E-state index contributed by atoms with van der Waals surface area (Å²) in [6, 6.07) is 26.8. The molecular weight excluding hydrogens is 388 g/mol. The van der Waals surface area contributed by atoms with Gasteiger partial charge in [0.15, 0.2) is 0 Å². The van der Waals surface area contributed by atoms with E-state index in [0.29, 0.717) is 0 Å². The molecule has 3 aromatic carbocycles. The number of rotatable bonds is 5. The summed E-state index contributed by atoms with van der Waals surface area (Å²) in [4.78, 5) is 0. The summed E-state index contributed by atoms with van der Waals surface area (Å²) >= 11 is 0. The van der Waals surface area contributed by atoms with E-state index in [9.17, 15) is 0 Å². The normalized spacial score (nSPS) is 11.8. The lowest BCUT2D eigenvalue weighted by molar-refractivity contribution is 0.747. The molecule has 2 aromatic heterocycles. The zero-order valence-corrected chi connectivity index (χ0v) is 19.8. The molecule has 0 N–H and O–H groups in total. The van der Waals surface area contributed by atoms with Crippen LogP contribution in [0.15, 0.2) is 72.8 Å². The molecule has 0 aliphatic heterocycles. The number of para-hydroxylation sites is 2. The Labute approximate surface area is 191 Å². The van der Waals surface area contributed by atoms with Crippen LogP contribution in [0.5, 0.6) is 0 Å². The van der Waals surface area contributed by atoms with Crippen LogP contribution in [0.4, 0.5) is 0 Å². The van der Waals surface area contributed by atoms with Crippen molar-refractivity contribution < 1.29 is 0 Å². The van der Waals surface area contributed by atoms with Gasteiger partial charge >= 0.3 is 0 Å². The maximum absolute atomic E-state index is 2.48. The SMILES string of the molecule is CCn1c(C)c(C(c2ccccc2C)c2c(C)n(CC)c3ccccc23)c2ccccc21. The second-order valence-corrected chi connectivity index (χ2v) is 8.81. The number of hydrogen-bond donors (Lipinski definition) is 0. The van der Waals surface area contributed by atoms with Gasteiger partial charge in [-0.2, -0.15) is 0 Å². The van der Waals surface area contributed by atoms with Gasteiger partial charge in [-0.3, -0.25) is 0 Å². The van der Waals surface area contributed by atoms with Crippen molar-refractivity contribution in [2.24, 2.45) is 0 Å². The van der Waals surface area contributed by atoms with E-state index in [2.05, 4.69) is 117 Å². The van der Waals surface area contributed by atoms with E-state index in [-0.39, 0.29) is 5.92 Å². The Morgan fingerprint density at radius 1 is 0.594 bits per heavy atom. The second-order valence-electron chi connectivity index (χ2n) is 8.81. The molecule has 2 heterocycles. The standard InChI is InChI=1S/C30H32N2/c1-6-31-21(4)28(24-16-10-12-18-26(24)31)30(23-15-9-8-14-20(23)3)29-22(5)32(7-2)27-19-13-11-17-25(27)29/h8-19,30H,6-7H2,1-5H3. The molecule has 0 saturated carbocycles. The summed E-state index contributed by atoms with van der Waals surface area (Å²) in [5.41, 5.74) is 11.0. The van der Waals surface area contributed by atoms with Gasteiger partial charge in [-0.25, -0.2) is 0 Å². The average molecular weight is 421 g/mol. The maximum Gasteiger partial charge on any atom is 0.0485 e. The Morgan fingerprint density at radius 3 is 1.50 bits per heavy atom. The molecule has 0 unspecified atom stereocenters. The predicted molar refractivity (Wildman–Crippen MR) is 137 cm³/mol. The number of fused-ring (bicyclic) bond motifs is 2.